The van der Waals surface area contributed by atoms with E-state index in [1.807, 2.05) is 26.0 Å². The molecule has 8 nitrogen and oxygen atoms in total. The molecule has 3 N–H and O–H groups in total. The second-order valence-electron chi connectivity index (χ2n) is 11.5. The number of aromatic nitrogens is 1. The number of carbonyl (C=O) groups is 1. The smallest absolute Gasteiger partial charge is 0.221 e. The van der Waals surface area contributed by atoms with E-state index in [1.54, 1.807) is 6.20 Å². The van der Waals surface area contributed by atoms with Gasteiger partial charge in [0.1, 0.15) is 0 Å². The van der Waals surface area contributed by atoms with Gasteiger partial charge >= 0.3 is 0 Å². The van der Waals surface area contributed by atoms with Gasteiger partial charge in [-0.1, -0.05) is 25.5 Å². The maximum atomic E-state index is 12.1. The van der Waals surface area contributed by atoms with Gasteiger partial charge in [-0.15, -0.1) is 0 Å². The third-order valence-electron chi connectivity index (χ3n) is 8.72. The molecular formula is C34H47N5O3. The minimum absolute atomic E-state index is 0.0928. The Morgan fingerprint density at radius 1 is 0.976 bits per heavy atom. The predicted octanol–water partition coefficient (Wildman–Crippen LogP) is 5.82. The fraction of sp³-hybridized carbons (Fsp3) is 0.529. The van der Waals surface area contributed by atoms with Crippen LogP contribution in [-0.2, 0) is 24.2 Å². The summed E-state index contributed by atoms with van der Waals surface area (Å²) < 4.78 is 11.8. The van der Waals surface area contributed by atoms with Gasteiger partial charge in [-0.2, -0.15) is 0 Å². The minimum atomic E-state index is -0.396. The van der Waals surface area contributed by atoms with Crippen molar-refractivity contribution < 1.29 is 14.3 Å². The fourth-order valence-electron chi connectivity index (χ4n) is 6.67. The topological polar surface area (TPSA) is 93.0 Å². The molecule has 226 valence electrons. The van der Waals surface area contributed by atoms with E-state index in [2.05, 4.69) is 45.2 Å². The lowest BCUT2D eigenvalue weighted by molar-refractivity contribution is -0.117. The number of hydrogen-bond donors (Lipinski definition) is 2. The van der Waals surface area contributed by atoms with E-state index in [0.717, 1.165) is 59.9 Å². The molecule has 42 heavy (non-hydrogen) atoms. The summed E-state index contributed by atoms with van der Waals surface area (Å²) in [6, 6.07) is 11.1. The Balaban J connectivity index is 1.43. The van der Waals surface area contributed by atoms with Crippen LogP contribution < -0.4 is 20.5 Å². The van der Waals surface area contributed by atoms with Crippen molar-refractivity contribution in [3.8, 4) is 11.5 Å². The first-order chi connectivity index (χ1) is 20.5. The molecule has 1 amide bonds. The third kappa shape index (κ3) is 6.98. The van der Waals surface area contributed by atoms with Crippen LogP contribution in [0.3, 0.4) is 0 Å². The van der Waals surface area contributed by atoms with E-state index in [1.165, 1.54) is 56.3 Å². The van der Waals surface area contributed by atoms with Gasteiger partial charge in [0.05, 0.1) is 30.8 Å². The van der Waals surface area contributed by atoms with Gasteiger partial charge in [-0.05, 0) is 95.4 Å². The van der Waals surface area contributed by atoms with Crippen LogP contribution in [-0.4, -0.2) is 66.1 Å². The van der Waals surface area contributed by atoms with Crippen LogP contribution in [0.2, 0.25) is 0 Å². The standard InChI is InChI=1S/C34H47N5O3/c1-4-27-24(23-38-17-13-26(14-18-38)39-15-8-7-9-16-39)11-10-12-29(27)37-34-25(19-33(35)40)22-36-30-21-32(42-6-3)31(41-5-2)20-28(30)34/h10-12,20-22,26H,4-9,13-19,23H2,1-3H3,(H2,35,40)(H,36,37). The number of ether oxygens (including phenoxy) is 2. The maximum Gasteiger partial charge on any atom is 0.221 e. The molecular weight excluding hydrogens is 526 g/mol. The molecule has 1 aromatic heterocycles. The van der Waals surface area contributed by atoms with Crippen molar-refractivity contribution in [3.05, 3.63) is 53.2 Å². The maximum absolute atomic E-state index is 12.1. The van der Waals surface area contributed by atoms with E-state index in [9.17, 15) is 4.79 Å². The Morgan fingerprint density at radius 3 is 2.36 bits per heavy atom. The van der Waals surface area contributed by atoms with Crippen LogP contribution in [0.5, 0.6) is 11.5 Å². The summed E-state index contributed by atoms with van der Waals surface area (Å²) in [6.07, 6.45) is 9.35. The number of piperidine rings is 2. The van der Waals surface area contributed by atoms with E-state index in [4.69, 9.17) is 15.2 Å². The molecule has 0 spiro atoms. The summed E-state index contributed by atoms with van der Waals surface area (Å²) >= 11 is 0. The molecule has 8 heteroatoms. The quantitative estimate of drug-likeness (QED) is 0.282. The number of fused-ring (bicyclic) bond motifs is 1. The number of carbonyl (C=O) groups excluding carboxylic acids is 1. The van der Waals surface area contributed by atoms with Crippen LogP contribution in [0.15, 0.2) is 36.5 Å². The van der Waals surface area contributed by atoms with Gasteiger partial charge < -0.3 is 25.4 Å². The molecule has 2 aromatic carbocycles. The van der Waals surface area contributed by atoms with Gasteiger partial charge in [0.25, 0.3) is 0 Å². The Kier molecular flexibility index (Phi) is 10.2. The van der Waals surface area contributed by atoms with Crippen molar-refractivity contribution in [2.45, 2.75) is 78.3 Å². The Labute approximate surface area is 250 Å². The highest BCUT2D eigenvalue weighted by Gasteiger charge is 2.26. The first-order valence-corrected chi connectivity index (χ1v) is 15.8. The molecule has 2 fully saturated rings. The number of hydrogen-bond acceptors (Lipinski definition) is 7. The summed E-state index contributed by atoms with van der Waals surface area (Å²) in [5.41, 5.74) is 11.7. The van der Waals surface area contributed by atoms with E-state index < -0.39 is 5.91 Å². The number of nitrogens with two attached hydrogens (primary N) is 1. The lowest BCUT2D eigenvalue weighted by atomic mass is 9.97. The number of rotatable bonds is 12. The molecule has 5 rings (SSSR count). The van der Waals surface area contributed by atoms with Gasteiger partial charge in [0, 0.05) is 41.5 Å². The monoisotopic (exact) mass is 573 g/mol. The van der Waals surface area contributed by atoms with Crippen LogP contribution in [0, 0.1) is 0 Å². The number of nitrogens with zero attached hydrogens (tertiary/aromatic N) is 3. The highest BCUT2D eigenvalue weighted by Crippen LogP contribution is 2.38. The number of anilines is 2. The number of nitrogens with one attached hydrogen (secondary N) is 1. The molecule has 0 radical (unpaired) electrons. The molecule has 2 aliphatic rings. The molecule has 0 bridgehead atoms. The lowest BCUT2D eigenvalue weighted by Gasteiger charge is -2.40. The van der Waals surface area contributed by atoms with Crippen molar-refractivity contribution in [1.29, 1.82) is 0 Å². The number of likely N-dealkylation sites (tertiary alicyclic amines) is 2. The molecule has 2 saturated heterocycles. The van der Waals surface area contributed by atoms with Crippen molar-refractivity contribution in [3.63, 3.8) is 0 Å². The average Bonchev–Trinajstić information content (AvgIpc) is 3.00. The van der Waals surface area contributed by atoms with E-state index in [-0.39, 0.29) is 6.42 Å². The first-order valence-electron chi connectivity index (χ1n) is 15.8. The zero-order chi connectivity index (χ0) is 29.5. The summed E-state index contributed by atoms with van der Waals surface area (Å²) in [4.78, 5) is 22.1. The van der Waals surface area contributed by atoms with Crippen molar-refractivity contribution in [2.24, 2.45) is 5.73 Å². The van der Waals surface area contributed by atoms with Gasteiger partial charge in [-0.25, -0.2) is 0 Å². The predicted molar refractivity (Wildman–Crippen MR) is 170 cm³/mol. The molecule has 3 heterocycles. The third-order valence-corrected chi connectivity index (χ3v) is 8.72. The molecule has 0 saturated carbocycles. The normalized spacial score (nSPS) is 16.9. The highest BCUT2D eigenvalue weighted by atomic mass is 16.5. The van der Waals surface area contributed by atoms with Crippen molar-refractivity contribution in [2.75, 3.05) is 44.7 Å². The molecule has 0 aliphatic carbocycles. The Bertz CT molecular complexity index is 1360. The van der Waals surface area contributed by atoms with Gasteiger partial charge in [-0.3, -0.25) is 14.7 Å². The van der Waals surface area contributed by atoms with Crippen LogP contribution in [0.25, 0.3) is 10.9 Å². The summed E-state index contributed by atoms with van der Waals surface area (Å²) in [5, 5.41) is 4.59. The first kappa shape index (κ1) is 30.1. The summed E-state index contributed by atoms with van der Waals surface area (Å²) in [7, 11) is 0. The van der Waals surface area contributed by atoms with E-state index in [0.29, 0.717) is 24.7 Å². The SMILES string of the molecule is CCOc1cc2ncc(CC(N)=O)c(Nc3cccc(CN4CCC(N5CCCCC5)CC4)c3CC)c2cc1OCC. The van der Waals surface area contributed by atoms with Crippen LogP contribution >= 0.6 is 0 Å². The Hall–Kier alpha value is -3.36. The summed E-state index contributed by atoms with van der Waals surface area (Å²) in [6.45, 7) is 12.9. The van der Waals surface area contributed by atoms with E-state index >= 15 is 0 Å². The number of amides is 1. The number of benzene rings is 2. The fourth-order valence-corrected chi connectivity index (χ4v) is 6.67. The molecule has 3 aromatic rings. The van der Waals surface area contributed by atoms with Crippen LogP contribution in [0.1, 0.15) is 69.6 Å². The van der Waals surface area contributed by atoms with Gasteiger partial charge in [0.2, 0.25) is 5.91 Å². The molecule has 2 aliphatic heterocycles. The molecule has 0 unspecified atom stereocenters. The molecule has 0 atom stereocenters. The summed E-state index contributed by atoms with van der Waals surface area (Å²) in [5.74, 6) is 0.922. The zero-order valence-electron chi connectivity index (χ0n) is 25.6. The van der Waals surface area contributed by atoms with Crippen molar-refractivity contribution in [1.82, 2.24) is 14.8 Å². The average molecular weight is 574 g/mol. The van der Waals surface area contributed by atoms with Crippen LogP contribution in [0.4, 0.5) is 11.4 Å². The number of pyridine rings is 1. The highest BCUT2D eigenvalue weighted by molar-refractivity contribution is 5.98. The largest absolute Gasteiger partial charge is 0.490 e. The second kappa shape index (κ2) is 14.2. The second-order valence-corrected chi connectivity index (χ2v) is 11.5. The lowest BCUT2D eigenvalue weighted by Crippen LogP contribution is -2.46. The Morgan fingerprint density at radius 2 is 1.69 bits per heavy atom. The minimum Gasteiger partial charge on any atom is -0.490 e. The zero-order valence-corrected chi connectivity index (χ0v) is 25.6. The van der Waals surface area contributed by atoms with Gasteiger partial charge in [0.15, 0.2) is 11.5 Å². The van der Waals surface area contributed by atoms with Crippen molar-refractivity contribution >= 4 is 28.2 Å². The number of primary amides is 1.